The maximum atomic E-state index is 11.7. The summed E-state index contributed by atoms with van der Waals surface area (Å²) in [5.74, 6) is 1.65. The molecular weight excluding hydrogens is 349 g/mol. The van der Waals surface area contributed by atoms with Crippen LogP contribution in [-0.2, 0) is 10.5 Å². The molecular formula is C18H17Cl2NOS. The number of benzene rings is 2. The van der Waals surface area contributed by atoms with Gasteiger partial charge in [0.2, 0.25) is 5.91 Å². The van der Waals surface area contributed by atoms with Gasteiger partial charge in [-0.1, -0.05) is 53.5 Å². The van der Waals surface area contributed by atoms with Crippen molar-refractivity contribution < 1.29 is 4.79 Å². The van der Waals surface area contributed by atoms with Crippen molar-refractivity contribution in [3.8, 4) is 0 Å². The van der Waals surface area contributed by atoms with Crippen LogP contribution in [0.25, 0.3) is 6.08 Å². The molecule has 2 rings (SSSR count). The van der Waals surface area contributed by atoms with E-state index in [0.717, 1.165) is 22.1 Å². The molecule has 0 atom stereocenters. The number of carbonyl (C=O) groups excluding carboxylic acids is 1. The molecule has 5 heteroatoms. The third-order valence-electron chi connectivity index (χ3n) is 3.05. The summed E-state index contributed by atoms with van der Waals surface area (Å²) in [6, 6.07) is 15.2. The fraction of sp³-hybridized carbons (Fsp3) is 0.167. The molecule has 2 aromatic rings. The summed E-state index contributed by atoms with van der Waals surface area (Å²) in [6.07, 6.45) is 3.23. The SMILES string of the molecule is O=C(/C=C/c1ccccc1Cl)NCCSCc1ccc(Cl)cc1. The van der Waals surface area contributed by atoms with Crippen LogP contribution in [0.4, 0.5) is 0 Å². The first-order valence-electron chi connectivity index (χ1n) is 7.18. The molecule has 0 heterocycles. The highest BCUT2D eigenvalue weighted by molar-refractivity contribution is 7.98. The number of hydrogen-bond donors (Lipinski definition) is 1. The minimum absolute atomic E-state index is 0.114. The standard InChI is InChI=1S/C18H17Cl2NOS/c19-16-8-5-14(6-9-16)13-23-12-11-21-18(22)10-7-15-3-1-2-4-17(15)20/h1-10H,11-13H2,(H,21,22)/b10-7+. The van der Waals surface area contributed by atoms with Crippen LogP contribution < -0.4 is 5.32 Å². The number of nitrogens with one attached hydrogen (secondary N) is 1. The van der Waals surface area contributed by atoms with Gasteiger partial charge >= 0.3 is 0 Å². The maximum absolute atomic E-state index is 11.7. The topological polar surface area (TPSA) is 29.1 Å². The smallest absolute Gasteiger partial charge is 0.244 e. The minimum atomic E-state index is -0.114. The van der Waals surface area contributed by atoms with Gasteiger partial charge in [0.25, 0.3) is 0 Å². The molecule has 1 N–H and O–H groups in total. The van der Waals surface area contributed by atoms with Gasteiger partial charge < -0.3 is 5.32 Å². The molecule has 0 fully saturated rings. The number of amides is 1. The van der Waals surface area contributed by atoms with E-state index in [2.05, 4.69) is 5.32 Å². The molecule has 120 valence electrons. The van der Waals surface area contributed by atoms with Gasteiger partial charge in [-0.15, -0.1) is 0 Å². The molecule has 0 aromatic heterocycles. The molecule has 23 heavy (non-hydrogen) atoms. The van der Waals surface area contributed by atoms with Crippen LogP contribution in [0, 0.1) is 0 Å². The Hall–Kier alpha value is -1.42. The lowest BCUT2D eigenvalue weighted by molar-refractivity contribution is -0.116. The molecule has 0 bridgehead atoms. The van der Waals surface area contributed by atoms with Gasteiger partial charge in [-0.25, -0.2) is 0 Å². The summed E-state index contributed by atoms with van der Waals surface area (Å²) < 4.78 is 0. The van der Waals surface area contributed by atoms with Crippen molar-refractivity contribution >= 4 is 46.9 Å². The zero-order valence-corrected chi connectivity index (χ0v) is 14.8. The first-order chi connectivity index (χ1) is 11.1. The molecule has 2 aromatic carbocycles. The molecule has 0 aliphatic heterocycles. The van der Waals surface area contributed by atoms with E-state index < -0.39 is 0 Å². The minimum Gasteiger partial charge on any atom is -0.352 e. The average molecular weight is 366 g/mol. The first-order valence-corrected chi connectivity index (χ1v) is 9.09. The molecule has 0 saturated carbocycles. The van der Waals surface area contributed by atoms with Crippen molar-refractivity contribution in [2.45, 2.75) is 5.75 Å². The predicted octanol–water partition coefficient (Wildman–Crippen LogP) is 5.06. The molecule has 0 unspecified atom stereocenters. The fourth-order valence-electron chi connectivity index (χ4n) is 1.85. The van der Waals surface area contributed by atoms with Crippen LogP contribution in [-0.4, -0.2) is 18.2 Å². The Morgan fingerprint density at radius 2 is 1.83 bits per heavy atom. The predicted molar refractivity (Wildman–Crippen MR) is 101 cm³/mol. The summed E-state index contributed by atoms with van der Waals surface area (Å²) in [7, 11) is 0. The van der Waals surface area contributed by atoms with E-state index in [1.807, 2.05) is 42.5 Å². The van der Waals surface area contributed by atoms with Crippen LogP contribution in [0.1, 0.15) is 11.1 Å². The fourth-order valence-corrected chi connectivity index (χ4v) is 3.00. The molecule has 0 saturated heterocycles. The van der Waals surface area contributed by atoms with Gasteiger partial charge in [0, 0.05) is 34.2 Å². The highest BCUT2D eigenvalue weighted by Crippen LogP contribution is 2.16. The second kappa shape index (κ2) is 9.66. The molecule has 0 aliphatic carbocycles. The van der Waals surface area contributed by atoms with Crippen molar-refractivity contribution in [2.75, 3.05) is 12.3 Å². The number of hydrogen-bond acceptors (Lipinski definition) is 2. The number of thioether (sulfide) groups is 1. The van der Waals surface area contributed by atoms with Gasteiger partial charge in [0.15, 0.2) is 0 Å². The summed E-state index contributed by atoms with van der Waals surface area (Å²) in [4.78, 5) is 11.7. The van der Waals surface area contributed by atoms with Crippen LogP contribution >= 0.6 is 35.0 Å². The maximum Gasteiger partial charge on any atom is 0.244 e. The van der Waals surface area contributed by atoms with Crippen molar-refractivity contribution in [2.24, 2.45) is 0 Å². The summed E-state index contributed by atoms with van der Waals surface area (Å²) in [5.41, 5.74) is 2.06. The highest BCUT2D eigenvalue weighted by atomic mass is 35.5. The molecule has 0 spiro atoms. The van der Waals surface area contributed by atoms with Crippen molar-refractivity contribution in [3.05, 3.63) is 75.8 Å². The lowest BCUT2D eigenvalue weighted by atomic mass is 10.2. The monoisotopic (exact) mass is 365 g/mol. The van der Waals surface area contributed by atoms with Crippen LogP contribution in [0.2, 0.25) is 10.0 Å². The van der Waals surface area contributed by atoms with Crippen LogP contribution in [0.5, 0.6) is 0 Å². The summed E-state index contributed by atoms with van der Waals surface area (Å²) in [5, 5.41) is 4.24. The molecule has 0 aliphatic rings. The number of halogens is 2. The Morgan fingerprint density at radius 3 is 2.57 bits per heavy atom. The van der Waals surface area contributed by atoms with Gasteiger partial charge in [-0.3, -0.25) is 4.79 Å². The summed E-state index contributed by atoms with van der Waals surface area (Å²) in [6.45, 7) is 0.629. The lowest BCUT2D eigenvalue weighted by Gasteiger charge is -2.03. The molecule has 1 amide bonds. The highest BCUT2D eigenvalue weighted by Gasteiger charge is 1.98. The van der Waals surface area contributed by atoms with E-state index >= 15 is 0 Å². The van der Waals surface area contributed by atoms with E-state index in [0.29, 0.717) is 11.6 Å². The van der Waals surface area contributed by atoms with E-state index in [9.17, 15) is 4.79 Å². The van der Waals surface area contributed by atoms with E-state index in [4.69, 9.17) is 23.2 Å². The van der Waals surface area contributed by atoms with E-state index in [1.165, 1.54) is 11.6 Å². The largest absolute Gasteiger partial charge is 0.352 e. The normalized spacial score (nSPS) is 10.9. The third-order valence-corrected chi connectivity index (χ3v) is 4.67. The van der Waals surface area contributed by atoms with Gasteiger partial charge in [-0.05, 0) is 35.4 Å². The second-order valence-electron chi connectivity index (χ2n) is 4.82. The molecule has 0 radical (unpaired) electrons. The number of rotatable bonds is 7. The Kier molecular flexibility index (Phi) is 7.53. The van der Waals surface area contributed by atoms with Crippen molar-refractivity contribution in [3.63, 3.8) is 0 Å². The van der Waals surface area contributed by atoms with Gasteiger partial charge in [-0.2, -0.15) is 11.8 Å². The molecule has 2 nitrogen and oxygen atoms in total. The zero-order chi connectivity index (χ0) is 16.5. The zero-order valence-electron chi connectivity index (χ0n) is 12.5. The van der Waals surface area contributed by atoms with Crippen LogP contribution in [0.3, 0.4) is 0 Å². The quantitative estimate of drug-likeness (QED) is 0.548. The first kappa shape index (κ1) is 17.9. The van der Waals surface area contributed by atoms with Crippen molar-refractivity contribution in [1.29, 1.82) is 0 Å². The van der Waals surface area contributed by atoms with Crippen molar-refractivity contribution in [1.82, 2.24) is 5.32 Å². The Morgan fingerprint density at radius 1 is 1.09 bits per heavy atom. The number of carbonyl (C=O) groups is 1. The average Bonchev–Trinajstić information content (AvgIpc) is 2.55. The van der Waals surface area contributed by atoms with Crippen LogP contribution in [0.15, 0.2) is 54.6 Å². The Labute approximate surface area is 150 Å². The summed E-state index contributed by atoms with van der Waals surface area (Å²) >= 11 is 13.6. The Balaban J connectivity index is 1.65. The van der Waals surface area contributed by atoms with Gasteiger partial charge in [0.1, 0.15) is 0 Å². The Bertz CT molecular complexity index is 671. The third kappa shape index (κ3) is 6.69. The van der Waals surface area contributed by atoms with E-state index in [-0.39, 0.29) is 5.91 Å². The second-order valence-corrected chi connectivity index (χ2v) is 6.77. The van der Waals surface area contributed by atoms with Gasteiger partial charge in [0.05, 0.1) is 0 Å². The van der Waals surface area contributed by atoms with E-state index in [1.54, 1.807) is 23.9 Å². The lowest BCUT2D eigenvalue weighted by Crippen LogP contribution is -2.23.